The highest BCUT2D eigenvalue weighted by molar-refractivity contribution is 6.24. The minimum absolute atomic E-state index is 0.267. The standard InChI is InChI=1S/C22H23N3O6/c1-12-6-4-5-7-14(12)25-21(27)18-19(13-8-9-15(29-2)16(10-13)30-3)24(11-17(23)26)31-20(18)22(25)28/h4-10,18-20H,11H2,1-3H3,(H2,23,26). The van der Waals surface area contributed by atoms with Gasteiger partial charge < -0.3 is 15.2 Å². The molecular weight excluding hydrogens is 402 g/mol. The Balaban J connectivity index is 1.77. The summed E-state index contributed by atoms with van der Waals surface area (Å²) in [5.41, 5.74) is 7.33. The van der Waals surface area contributed by atoms with E-state index in [1.165, 1.54) is 24.2 Å². The fraction of sp³-hybridized carbons (Fsp3) is 0.318. The lowest BCUT2D eigenvalue weighted by Crippen LogP contribution is -2.40. The Hall–Kier alpha value is -3.43. The maximum absolute atomic E-state index is 13.5. The molecule has 0 spiro atoms. The Morgan fingerprint density at radius 3 is 2.42 bits per heavy atom. The van der Waals surface area contributed by atoms with Crippen LogP contribution in [-0.2, 0) is 19.2 Å². The van der Waals surface area contributed by atoms with Gasteiger partial charge in [0.15, 0.2) is 17.6 Å². The van der Waals surface area contributed by atoms with Gasteiger partial charge in [-0.05, 0) is 36.2 Å². The first-order valence-electron chi connectivity index (χ1n) is 9.74. The number of carbonyl (C=O) groups excluding carboxylic acids is 3. The number of carbonyl (C=O) groups is 3. The van der Waals surface area contributed by atoms with E-state index in [1.54, 1.807) is 30.3 Å². The van der Waals surface area contributed by atoms with Gasteiger partial charge in [-0.15, -0.1) is 0 Å². The predicted octanol–water partition coefficient (Wildman–Crippen LogP) is 1.34. The smallest absolute Gasteiger partial charge is 0.265 e. The molecule has 0 radical (unpaired) electrons. The van der Waals surface area contributed by atoms with Crippen LogP contribution in [0.4, 0.5) is 5.69 Å². The summed E-state index contributed by atoms with van der Waals surface area (Å²) in [4.78, 5) is 45.3. The summed E-state index contributed by atoms with van der Waals surface area (Å²) in [5, 5.41) is 1.31. The number of fused-ring (bicyclic) bond motifs is 1. The second-order valence-electron chi connectivity index (χ2n) is 7.45. The molecule has 9 nitrogen and oxygen atoms in total. The van der Waals surface area contributed by atoms with Crippen molar-refractivity contribution in [3.63, 3.8) is 0 Å². The van der Waals surface area contributed by atoms with Gasteiger partial charge in [0.25, 0.3) is 5.91 Å². The summed E-state index contributed by atoms with van der Waals surface area (Å²) in [6, 6.07) is 11.6. The maximum atomic E-state index is 13.5. The average Bonchev–Trinajstić information content (AvgIpc) is 3.23. The molecule has 2 saturated heterocycles. The monoisotopic (exact) mass is 425 g/mol. The number of amides is 3. The van der Waals surface area contributed by atoms with Gasteiger partial charge in [0.2, 0.25) is 11.8 Å². The number of rotatable bonds is 6. The fourth-order valence-corrected chi connectivity index (χ4v) is 4.22. The summed E-state index contributed by atoms with van der Waals surface area (Å²) in [7, 11) is 3.02. The first-order chi connectivity index (χ1) is 14.9. The van der Waals surface area contributed by atoms with E-state index in [0.29, 0.717) is 22.7 Å². The Morgan fingerprint density at radius 1 is 1.06 bits per heavy atom. The van der Waals surface area contributed by atoms with Gasteiger partial charge in [0, 0.05) is 0 Å². The highest BCUT2D eigenvalue weighted by atomic mass is 16.7. The van der Waals surface area contributed by atoms with Crippen molar-refractivity contribution in [3.05, 3.63) is 53.6 Å². The summed E-state index contributed by atoms with van der Waals surface area (Å²) in [6.07, 6.45) is -1.05. The van der Waals surface area contributed by atoms with Crippen molar-refractivity contribution in [1.82, 2.24) is 5.06 Å². The van der Waals surface area contributed by atoms with E-state index in [-0.39, 0.29) is 6.54 Å². The Bertz CT molecular complexity index is 1060. The lowest BCUT2D eigenvalue weighted by Gasteiger charge is -2.27. The molecule has 0 bridgehead atoms. The lowest BCUT2D eigenvalue weighted by molar-refractivity contribution is -0.175. The van der Waals surface area contributed by atoms with Gasteiger partial charge in [0.1, 0.15) is 6.54 Å². The first kappa shape index (κ1) is 20.8. The molecule has 4 rings (SSSR count). The zero-order valence-corrected chi connectivity index (χ0v) is 17.4. The van der Waals surface area contributed by atoms with Crippen LogP contribution in [-0.4, -0.2) is 49.7 Å². The SMILES string of the molecule is COc1ccc(C2C3C(=O)N(c4ccccc4C)C(=O)C3ON2CC(N)=O)cc1OC. The van der Waals surface area contributed by atoms with E-state index in [0.717, 1.165) is 5.56 Å². The van der Waals surface area contributed by atoms with Gasteiger partial charge >= 0.3 is 0 Å². The number of ether oxygens (including phenoxy) is 2. The number of hydrogen-bond acceptors (Lipinski definition) is 7. The van der Waals surface area contributed by atoms with Crippen LogP contribution in [0.15, 0.2) is 42.5 Å². The van der Waals surface area contributed by atoms with Crippen molar-refractivity contribution in [1.29, 1.82) is 0 Å². The first-order valence-corrected chi connectivity index (χ1v) is 9.74. The molecule has 9 heteroatoms. The van der Waals surface area contributed by atoms with Crippen molar-refractivity contribution >= 4 is 23.4 Å². The zero-order valence-electron chi connectivity index (χ0n) is 17.4. The minimum atomic E-state index is -1.05. The average molecular weight is 425 g/mol. The molecule has 2 aromatic rings. The van der Waals surface area contributed by atoms with Gasteiger partial charge in [-0.25, -0.2) is 4.90 Å². The van der Waals surface area contributed by atoms with Gasteiger partial charge in [-0.3, -0.25) is 19.2 Å². The fourth-order valence-electron chi connectivity index (χ4n) is 4.22. The number of aryl methyl sites for hydroxylation is 1. The number of hydroxylamine groups is 2. The number of methoxy groups -OCH3 is 2. The van der Waals surface area contributed by atoms with Crippen LogP contribution in [0.2, 0.25) is 0 Å². The van der Waals surface area contributed by atoms with Crippen molar-refractivity contribution in [2.45, 2.75) is 19.1 Å². The van der Waals surface area contributed by atoms with Crippen molar-refractivity contribution < 1.29 is 28.7 Å². The Morgan fingerprint density at radius 2 is 1.77 bits per heavy atom. The molecule has 3 atom stereocenters. The number of hydrogen-bond donors (Lipinski definition) is 1. The molecular formula is C22H23N3O6. The molecule has 2 aliphatic heterocycles. The molecule has 2 fully saturated rings. The highest BCUT2D eigenvalue weighted by Gasteiger charge is 2.60. The molecule has 0 aliphatic carbocycles. The van der Waals surface area contributed by atoms with E-state index >= 15 is 0 Å². The molecule has 0 aromatic heterocycles. The third-order valence-corrected chi connectivity index (χ3v) is 5.61. The van der Waals surface area contributed by atoms with E-state index in [2.05, 4.69) is 0 Å². The summed E-state index contributed by atoms with van der Waals surface area (Å²) in [6.45, 7) is 1.56. The van der Waals surface area contributed by atoms with Gasteiger partial charge in [-0.1, -0.05) is 24.3 Å². The van der Waals surface area contributed by atoms with Crippen LogP contribution in [0.25, 0.3) is 0 Å². The number of anilines is 1. The highest BCUT2D eigenvalue weighted by Crippen LogP contribution is 2.47. The topological polar surface area (TPSA) is 111 Å². The Labute approximate surface area is 179 Å². The van der Waals surface area contributed by atoms with Crippen molar-refractivity contribution in [2.24, 2.45) is 11.7 Å². The van der Waals surface area contributed by atoms with Crippen LogP contribution in [0, 0.1) is 12.8 Å². The van der Waals surface area contributed by atoms with Crippen LogP contribution in [0.3, 0.4) is 0 Å². The number of nitrogens with two attached hydrogens (primary N) is 1. The number of nitrogens with zero attached hydrogens (tertiary/aromatic N) is 2. The lowest BCUT2D eigenvalue weighted by atomic mass is 9.90. The molecule has 2 aliphatic rings. The van der Waals surface area contributed by atoms with Crippen molar-refractivity contribution in [2.75, 3.05) is 25.7 Å². The second-order valence-corrected chi connectivity index (χ2v) is 7.45. The quantitative estimate of drug-likeness (QED) is 0.695. The van der Waals surface area contributed by atoms with Crippen LogP contribution in [0.1, 0.15) is 17.2 Å². The van der Waals surface area contributed by atoms with E-state index in [4.69, 9.17) is 20.0 Å². The number of benzene rings is 2. The largest absolute Gasteiger partial charge is 0.493 e. The molecule has 3 unspecified atom stereocenters. The molecule has 0 saturated carbocycles. The van der Waals surface area contributed by atoms with Gasteiger partial charge in [-0.2, -0.15) is 5.06 Å². The minimum Gasteiger partial charge on any atom is -0.493 e. The number of para-hydroxylation sites is 1. The molecule has 2 N–H and O–H groups in total. The molecule has 3 amide bonds. The predicted molar refractivity (Wildman–Crippen MR) is 110 cm³/mol. The van der Waals surface area contributed by atoms with Crippen LogP contribution < -0.4 is 20.1 Å². The number of primary amides is 1. The summed E-state index contributed by atoms with van der Waals surface area (Å²) >= 11 is 0. The van der Waals surface area contributed by atoms with E-state index in [9.17, 15) is 14.4 Å². The summed E-state index contributed by atoms with van der Waals surface area (Å²) < 4.78 is 10.7. The molecule has 162 valence electrons. The second kappa shape index (κ2) is 8.01. The van der Waals surface area contributed by atoms with E-state index in [1.807, 2.05) is 19.1 Å². The molecule has 2 aromatic carbocycles. The summed E-state index contributed by atoms with van der Waals surface area (Å²) in [5.74, 6) is -1.38. The van der Waals surface area contributed by atoms with Gasteiger partial charge in [0.05, 0.1) is 31.9 Å². The normalized spacial score (nSPS) is 23.2. The van der Waals surface area contributed by atoms with Crippen LogP contribution in [0.5, 0.6) is 11.5 Å². The maximum Gasteiger partial charge on any atom is 0.265 e. The van der Waals surface area contributed by atoms with Crippen molar-refractivity contribution in [3.8, 4) is 11.5 Å². The third kappa shape index (κ3) is 3.41. The zero-order chi connectivity index (χ0) is 22.3. The van der Waals surface area contributed by atoms with E-state index < -0.39 is 35.8 Å². The molecule has 31 heavy (non-hydrogen) atoms. The molecule has 2 heterocycles. The number of imide groups is 1. The van der Waals surface area contributed by atoms with Crippen LogP contribution >= 0.6 is 0 Å². The Kier molecular flexibility index (Phi) is 5.38. The third-order valence-electron chi connectivity index (χ3n) is 5.61.